The van der Waals surface area contributed by atoms with Crippen molar-refractivity contribution < 1.29 is 4.74 Å². The van der Waals surface area contributed by atoms with Crippen molar-refractivity contribution in [3.05, 3.63) is 29.4 Å². The first-order valence-electron chi connectivity index (χ1n) is 4.60. The van der Waals surface area contributed by atoms with E-state index in [9.17, 15) is 4.91 Å². The molecule has 1 heterocycles. The molecule has 2 rings (SSSR count). The average molecular weight is 194 g/mol. The molecule has 0 bridgehead atoms. The Morgan fingerprint density at radius 1 is 1.64 bits per heavy atom. The number of hydrogen-bond acceptors (Lipinski definition) is 4. The minimum atomic E-state index is 0.556. The molecule has 4 heteroatoms. The van der Waals surface area contributed by atoms with Crippen molar-refractivity contribution in [3.63, 3.8) is 0 Å². The van der Waals surface area contributed by atoms with Gasteiger partial charge in [-0.2, -0.15) is 4.91 Å². The molecule has 0 N–H and O–H groups in total. The Balaban J connectivity index is 0.000000146. The Morgan fingerprint density at radius 3 is 2.71 bits per heavy atom. The highest BCUT2D eigenvalue weighted by Crippen LogP contribution is 2.28. The summed E-state index contributed by atoms with van der Waals surface area (Å²) in [6.45, 7) is 0.556. The highest BCUT2D eigenvalue weighted by Gasteiger charge is 2.20. The van der Waals surface area contributed by atoms with Crippen molar-refractivity contribution in [2.75, 3.05) is 13.7 Å². The highest BCUT2D eigenvalue weighted by atomic mass is 16.5. The third-order valence-corrected chi connectivity index (χ3v) is 1.90. The molecule has 0 atom stereocenters. The van der Waals surface area contributed by atoms with E-state index in [4.69, 9.17) is 4.74 Å². The van der Waals surface area contributed by atoms with Crippen LogP contribution < -0.4 is 4.74 Å². The fourth-order valence-electron chi connectivity index (χ4n) is 0.874. The van der Waals surface area contributed by atoms with Crippen LogP contribution in [-0.2, 0) is 0 Å². The fraction of sp³-hybridized carbons (Fsp3) is 0.500. The second-order valence-electron chi connectivity index (χ2n) is 3.15. The Hall–Kier alpha value is -1.45. The van der Waals surface area contributed by atoms with E-state index in [-0.39, 0.29) is 0 Å². The van der Waals surface area contributed by atoms with Crippen LogP contribution in [0.25, 0.3) is 0 Å². The van der Waals surface area contributed by atoms with Gasteiger partial charge in [-0.05, 0) is 30.9 Å². The van der Waals surface area contributed by atoms with E-state index in [1.54, 1.807) is 19.5 Å². The normalized spacial score (nSPS) is 13.8. The molecule has 0 saturated heterocycles. The van der Waals surface area contributed by atoms with Crippen LogP contribution >= 0.6 is 0 Å². The molecule has 1 fully saturated rings. The topological polar surface area (TPSA) is 51.5 Å². The number of hydrogen-bond donors (Lipinski definition) is 0. The van der Waals surface area contributed by atoms with Crippen LogP contribution in [0.3, 0.4) is 0 Å². The maximum Gasteiger partial charge on any atom is 0.137 e. The highest BCUT2D eigenvalue weighted by molar-refractivity contribution is 5.14. The molecule has 0 spiro atoms. The van der Waals surface area contributed by atoms with Gasteiger partial charge in [0.2, 0.25) is 0 Å². The predicted molar refractivity (Wildman–Crippen MR) is 54.2 cm³/mol. The van der Waals surface area contributed by atoms with E-state index >= 15 is 0 Å². The standard InChI is InChI=1S/C6H7NO.C4H7NO/c1-8-6-3-2-4-7-5-6;6-5-3-4-1-2-4/h2-5H,1H3;4H,1-3H2. The number of methoxy groups -OCH3 is 1. The molecule has 0 aromatic carbocycles. The summed E-state index contributed by atoms with van der Waals surface area (Å²) in [5.74, 6) is 1.47. The molecule has 0 aliphatic heterocycles. The Kier molecular flexibility index (Phi) is 4.61. The van der Waals surface area contributed by atoms with Crippen molar-refractivity contribution in [1.29, 1.82) is 0 Å². The summed E-state index contributed by atoms with van der Waals surface area (Å²) < 4.78 is 4.85. The Labute approximate surface area is 83.3 Å². The monoisotopic (exact) mass is 194 g/mol. The van der Waals surface area contributed by atoms with Gasteiger partial charge in [0.05, 0.1) is 19.9 Å². The maximum atomic E-state index is 9.41. The van der Waals surface area contributed by atoms with Gasteiger partial charge in [-0.15, -0.1) is 0 Å². The van der Waals surface area contributed by atoms with E-state index in [2.05, 4.69) is 10.2 Å². The summed E-state index contributed by atoms with van der Waals surface area (Å²) >= 11 is 0. The first-order valence-corrected chi connectivity index (χ1v) is 4.60. The number of pyridine rings is 1. The van der Waals surface area contributed by atoms with Crippen LogP contribution in [0.4, 0.5) is 0 Å². The zero-order valence-electron chi connectivity index (χ0n) is 8.22. The van der Waals surface area contributed by atoms with Crippen LogP contribution in [0.15, 0.2) is 29.7 Å². The van der Waals surface area contributed by atoms with E-state index in [0.717, 1.165) is 5.75 Å². The second-order valence-corrected chi connectivity index (χ2v) is 3.15. The van der Waals surface area contributed by atoms with Crippen molar-refractivity contribution in [2.45, 2.75) is 12.8 Å². The lowest BCUT2D eigenvalue weighted by molar-refractivity contribution is 0.413. The lowest BCUT2D eigenvalue weighted by Crippen LogP contribution is -1.80. The van der Waals surface area contributed by atoms with Crippen LogP contribution in [0.5, 0.6) is 5.75 Å². The quantitative estimate of drug-likeness (QED) is 0.693. The van der Waals surface area contributed by atoms with Gasteiger partial charge in [-0.25, -0.2) is 0 Å². The van der Waals surface area contributed by atoms with E-state index in [1.165, 1.54) is 12.8 Å². The van der Waals surface area contributed by atoms with Gasteiger partial charge >= 0.3 is 0 Å². The van der Waals surface area contributed by atoms with Gasteiger partial charge in [-0.1, -0.05) is 5.18 Å². The molecule has 0 unspecified atom stereocenters. The molecule has 76 valence electrons. The number of nitrogens with zero attached hydrogens (tertiary/aromatic N) is 2. The van der Waals surface area contributed by atoms with E-state index < -0.39 is 0 Å². The van der Waals surface area contributed by atoms with Gasteiger partial charge in [-0.3, -0.25) is 4.98 Å². The first kappa shape index (κ1) is 10.6. The largest absolute Gasteiger partial charge is 0.495 e. The van der Waals surface area contributed by atoms with Crippen LogP contribution in [0.1, 0.15) is 12.8 Å². The molecule has 1 aromatic heterocycles. The molecular formula is C10H14N2O2. The van der Waals surface area contributed by atoms with Crippen molar-refractivity contribution in [3.8, 4) is 5.75 Å². The van der Waals surface area contributed by atoms with Gasteiger partial charge in [0.25, 0.3) is 0 Å². The smallest absolute Gasteiger partial charge is 0.137 e. The van der Waals surface area contributed by atoms with Crippen LogP contribution in [0.2, 0.25) is 0 Å². The van der Waals surface area contributed by atoms with Gasteiger partial charge in [0.1, 0.15) is 5.75 Å². The van der Waals surface area contributed by atoms with Gasteiger partial charge in [0, 0.05) is 6.20 Å². The molecule has 14 heavy (non-hydrogen) atoms. The molecule has 1 aromatic rings. The third-order valence-electron chi connectivity index (χ3n) is 1.90. The molecule has 0 radical (unpaired) electrons. The minimum absolute atomic E-state index is 0.556. The molecule has 1 aliphatic carbocycles. The first-order chi connectivity index (χ1) is 6.86. The summed E-state index contributed by atoms with van der Waals surface area (Å²) in [5, 5.41) is 2.75. The van der Waals surface area contributed by atoms with Gasteiger partial charge in [0.15, 0.2) is 0 Å². The second kappa shape index (κ2) is 6.07. The summed E-state index contributed by atoms with van der Waals surface area (Å²) in [6, 6.07) is 3.69. The maximum absolute atomic E-state index is 9.41. The molecule has 1 aliphatic rings. The summed E-state index contributed by atoms with van der Waals surface area (Å²) in [4.78, 5) is 13.2. The van der Waals surface area contributed by atoms with E-state index in [0.29, 0.717) is 12.5 Å². The average Bonchev–Trinajstić information content (AvgIpc) is 3.05. The molecule has 4 nitrogen and oxygen atoms in total. The van der Waals surface area contributed by atoms with Crippen molar-refractivity contribution >= 4 is 0 Å². The fourth-order valence-corrected chi connectivity index (χ4v) is 0.874. The third kappa shape index (κ3) is 4.54. The van der Waals surface area contributed by atoms with Crippen molar-refractivity contribution in [2.24, 2.45) is 11.1 Å². The lowest BCUT2D eigenvalue weighted by Gasteiger charge is -1.93. The summed E-state index contributed by atoms with van der Waals surface area (Å²) in [6.07, 6.45) is 5.83. The van der Waals surface area contributed by atoms with Crippen LogP contribution in [-0.4, -0.2) is 18.6 Å². The molecule has 1 saturated carbocycles. The zero-order chi connectivity index (χ0) is 10.2. The molecular weight excluding hydrogens is 180 g/mol. The zero-order valence-corrected chi connectivity index (χ0v) is 8.22. The minimum Gasteiger partial charge on any atom is -0.495 e. The Morgan fingerprint density at radius 2 is 2.43 bits per heavy atom. The van der Waals surface area contributed by atoms with Crippen LogP contribution in [0, 0.1) is 10.8 Å². The number of aromatic nitrogens is 1. The number of rotatable bonds is 3. The summed E-state index contributed by atoms with van der Waals surface area (Å²) in [5.41, 5.74) is 0. The lowest BCUT2D eigenvalue weighted by atomic mass is 10.4. The van der Waals surface area contributed by atoms with Crippen molar-refractivity contribution in [1.82, 2.24) is 4.98 Å². The van der Waals surface area contributed by atoms with E-state index in [1.807, 2.05) is 12.1 Å². The number of ether oxygens (including phenoxy) is 1. The predicted octanol–water partition coefficient (Wildman–Crippen LogP) is 2.25. The SMILES string of the molecule is COc1cccnc1.O=NCC1CC1. The molecule has 0 amide bonds. The Bertz CT molecular complexity index is 260. The number of nitroso groups, excluding NO2 is 1. The van der Waals surface area contributed by atoms with Gasteiger partial charge < -0.3 is 4.74 Å². The summed E-state index contributed by atoms with van der Waals surface area (Å²) in [7, 11) is 1.62.